The fourth-order valence-corrected chi connectivity index (χ4v) is 3.62. The molecule has 1 amide bonds. The Hall–Kier alpha value is -3.00. The standard InChI is InChI=1S/C19H18ClN5O3/c1-12(26)24-11-16(28-18(27)13-5-3-2-4-6-13)7-15(24)10-25-17-14(9-22-25)8-21-19(20)23-17/h2-6,8-9,15-16H,7,10-11H2,1H3/t15-,16-/m0/s1. The number of rotatable bonds is 4. The lowest BCUT2D eigenvalue weighted by Gasteiger charge is -2.22. The largest absolute Gasteiger partial charge is 0.457 e. The van der Waals surface area contributed by atoms with Crippen molar-refractivity contribution in [3.05, 3.63) is 53.6 Å². The normalized spacial score (nSPS) is 19.1. The summed E-state index contributed by atoms with van der Waals surface area (Å²) in [5.41, 5.74) is 1.10. The van der Waals surface area contributed by atoms with Crippen LogP contribution in [-0.4, -0.2) is 55.2 Å². The Balaban J connectivity index is 1.50. The van der Waals surface area contributed by atoms with Crippen LogP contribution in [0.5, 0.6) is 0 Å². The zero-order valence-corrected chi connectivity index (χ0v) is 15.9. The molecular formula is C19H18ClN5O3. The topological polar surface area (TPSA) is 90.2 Å². The Morgan fingerprint density at radius 2 is 2.04 bits per heavy atom. The number of hydrogen-bond acceptors (Lipinski definition) is 6. The third-order valence-electron chi connectivity index (χ3n) is 4.79. The SMILES string of the molecule is CC(=O)N1C[C@@H](OC(=O)c2ccccc2)C[C@H]1Cn1ncc2cnc(Cl)nc21. The summed E-state index contributed by atoms with van der Waals surface area (Å²) in [6.07, 6.45) is 3.42. The number of nitrogens with zero attached hydrogens (tertiary/aromatic N) is 5. The molecule has 8 nitrogen and oxygen atoms in total. The molecule has 1 saturated heterocycles. The van der Waals surface area contributed by atoms with Gasteiger partial charge in [-0.1, -0.05) is 18.2 Å². The van der Waals surface area contributed by atoms with Gasteiger partial charge < -0.3 is 9.64 Å². The van der Waals surface area contributed by atoms with Gasteiger partial charge in [-0.25, -0.2) is 14.5 Å². The summed E-state index contributed by atoms with van der Waals surface area (Å²) in [6, 6.07) is 8.65. The van der Waals surface area contributed by atoms with E-state index in [0.29, 0.717) is 30.7 Å². The van der Waals surface area contributed by atoms with Crippen molar-refractivity contribution in [1.82, 2.24) is 24.6 Å². The highest BCUT2D eigenvalue weighted by molar-refractivity contribution is 6.28. The van der Waals surface area contributed by atoms with Crippen LogP contribution in [0.25, 0.3) is 11.0 Å². The molecule has 2 aromatic heterocycles. The van der Waals surface area contributed by atoms with Gasteiger partial charge in [-0.2, -0.15) is 10.1 Å². The third-order valence-corrected chi connectivity index (χ3v) is 4.98. The minimum absolute atomic E-state index is 0.0765. The summed E-state index contributed by atoms with van der Waals surface area (Å²) in [4.78, 5) is 34.3. The summed E-state index contributed by atoms with van der Waals surface area (Å²) in [5, 5.41) is 5.24. The maximum atomic E-state index is 12.3. The molecule has 28 heavy (non-hydrogen) atoms. The van der Waals surface area contributed by atoms with Crippen LogP contribution >= 0.6 is 11.6 Å². The van der Waals surface area contributed by atoms with Crippen LogP contribution in [0, 0.1) is 0 Å². The number of carbonyl (C=O) groups excluding carboxylic acids is 2. The minimum Gasteiger partial charge on any atom is -0.457 e. The first-order valence-corrected chi connectivity index (χ1v) is 9.26. The third kappa shape index (κ3) is 3.68. The fraction of sp³-hybridized carbons (Fsp3) is 0.316. The molecular weight excluding hydrogens is 382 g/mol. The van der Waals surface area contributed by atoms with Gasteiger partial charge in [0, 0.05) is 19.5 Å². The second-order valence-corrected chi connectivity index (χ2v) is 7.04. The van der Waals surface area contributed by atoms with Gasteiger partial charge in [0.2, 0.25) is 11.2 Å². The number of likely N-dealkylation sites (tertiary alicyclic amines) is 1. The summed E-state index contributed by atoms with van der Waals surface area (Å²) < 4.78 is 7.32. The maximum Gasteiger partial charge on any atom is 0.338 e. The zero-order chi connectivity index (χ0) is 19.7. The number of hydrogen-bond donors (Lipinski definition) is 0. The van der Waals surface area contributed by atoms with Gasteiger partial charge >= 0.3 is 5.97 Å². The Bertz CT molecular complexity index is 1020. The lowest BCUT2D eigenvalue weighted by molar-refractivity contribution is -0.130. The van der Waals surface area contributed by atoms with Crippen LogP contribution in [0.15, 0.2) is 42.7 Å². The van der Waals surface area contributed by atoms with E-state index in [1.54, 1.807) is 46.2 Å². The van der Waals surface area contributed by atoms with Gasteiger partial charge in [0.25, 0.3) is 0 Å². The molecule has 2 atom stereocenters. The molecule has 0 unspecified atom stereocenters. The van der Waals surface area contributed by atoms with Crippen molar-refractivity contribution >= 4 is 34.5 Å². The molecule has 0 radical (unpaired) electrons. The van der Waals surface area contributed by atoms with Crippen molar-refractivity contribution in [2.75, 3.05) is 6.54 Å². The van der Waals surface area contributed by atoms with Crippen molar-refractivity contribution in [1.29, 1.82) is 0 Å². The van der Waals surface area contributed by atoms with Crippen molar-refractivity contribution in [3.63, 3.8) is 0 Å². The smallest absolute Gasteiger partial charge is 0.338 e. The van der Waals surface area contributed by atoms with Gasteiger partial charge in [0.15, 0.2) is 5.65 Å². The monoisotopic (exact) mass is 399 g/mol. The molecule has 0 bridgehead atoms. The average molecular weight is 400 g/mol. The fourth-order valence-electron chi connectivity index (χ4n) is 3.49. The van der Waals surface area contributed by atoms with E-state index in [2.05, 4.69) is 15.1 Å². The molecule has 0 N–H and O–H groups in total. The van der Waals surface area contributed by atoms with E-state index in [1.165, 1.54) is 6.92 Å². The zero-order valence-electron chi connectivity index (χ0n) is 15.2. The van der Waals surface area contributed by atoms with Gasteiger partial charge in [0.1, 0.15) is 6.10 Å². The highest BCUT2D eigenvalue weighted by Gasteiger charge is 2.36. The molecule has 3 heterocycles. The van der Waals surface area contributed by atoms with Crippen LogP contribution in [0.3, 0.4) is 0 Å². The molecule has 4 rings (SSSR count). The van der Waals surface area contributed by atoms with E-state index >= 15 is 0 Å². The molecule has 3 aromatic rings. The Kier molecular flexibility index (Phi) is 4.95. The van der Waals surface area contributed by atoms with Crippen molar-refractivity contribution in [2.24, 2.45) is 0 Å². The summed E-state index contributed by atoms with van der Waals surface area (Å²) in [5.74, 6) is -0.466. The number of carbonyl (C=O) groups is 2. The van der Waals surface area contributed by atoms with Crippen LogP contribution in [-0.2, 0) is 16.1 Å². The molecule has 0 spiro atoms. The molecule has 0 aliphatic carbocycles. The number of benzene rings is 1. The first-order chi connectivity index (χ1) is 13.5. The summed E-state index contributed by atoms with van der Waals surface area (Å²) in [7, 11) is 0. The molecule has 0 saturated carbocycles. The predicted octanol–water partition coefficient (Wildman–Crippen LogP) is 2.33. The van der Waals surface area contributed by atoms with Gasteiger partial charge in [0.05, 0.1) is 36.3 Å². The van der Waals surface area contributed by atoms with E-state index in [0.717, 1.165) is 5.39 Å². The Morgan fingerprint density at radius 1 is 1.25 bits per heavy atom. The summed E-state index contributed by atoms with van der Waals surface area (Å²) in [6.45, 7) is 2.29. The number of ether oxygens (including phenoxy) is 1. The Morgan fingerprint density at radius 3 is 2.79 bits per heavy atom. The second-order valence-electron chi connectivity index (χ2n) is 6.70. The molecule has 144 valence electrons. The van der Waals surface area contributed by atoms with Crippen molar-refractivity contribution < 1.29 is 14.3 Å². The van der Waals surface area contributed by atoms with Gasteiger partial charge in [-0.05, 0) is 23.7 Å². The molecule has 1 aliphatic heterocycles. The maximum absolute atomic E-state index is 12.3. The first-order valence-electron chi connectivity index (χ1n) is 8.88. The molecule has 9 heteroatoms. The minimum atomic E-state index is -0.390. The number of amides is 1. The lowest BCUT2D eigenvalue weighted by atomic mass is 10.2. The Labute approximate surface area is 166 Å². The summed E-state index contributed by atoms with van der Waals surface area (Å²) >= 11 is 5.90. The van der Waals surface area contributed by atoms with Crippen molar-refractivity contribution in [3.8, 4) is 0 Å². The highest BCUT2D eigenvalue weighted by Crippen LogP contribution is 2.24. The number of esters is 1. The number of halogens is 1. The van der Waals surface area contributed by atoms with Crippen LogP contribution in [0.4, 0.5) is 0 Å². The first kappa shape index (κ1) is 18.4. The number of fused-ring (bicyclic) bond motifs is 1. The average Bonchev–Trinajstić information content (AvgIpc) is 3.27. The van der Waals surface area contributed by atoms with E-state index in [1.807, 2.05) is 6.07 Å². The van der Waals surface area contributed by atoms with Crippen LogP contribution < -0.4 is 0 Å². The van der Waals surface area contributed by atoms with Crippen molar-refractivity contribution in [2.45, 2.75) is 32.0 Å². The van der Waals surface area contributed by atoms with E-state index in [9.17, 15) is 9.59 Å². The quantitative estimate of drug-likeness (QED) is 0.494. The number of aromatic nitrogens is 4. The molecule has 1 aromatic carbocycles. The van der Waals surface area contributed by atoms with E-state index in [-0.39, 0.29) is 29.3 Å². The van der Waals surface area contributed by atoms with Gasteiger partial charge in [-0.15, -0.1) is 0 Å². The second kappa shape index (κ2) is 7.55. The van der Waals surface area contributed by atoms with Crippen LogP contribution in [0.2, 0.25) is 5.28 Å². The lowest BCUT2D eigenvalue weighted by Crippen LogP contribution is -2.37. The van der Waals surface area contributed by atoms with Crippen LogP contribution in [0.1, 0.15) is 23.7 Å². The predicted molar refractivity (Wildman–Crippen MR) is 102 cm³/mol. The van der Waals surface area contributed by atoms with E-state index in [4.69, 9.17) is 16.3 Å². The molecule has 1 fully saturated rings. The van der Waals surface area contributed by atoms with E-state index < -0.39 is 0 Å². The van der Waals surface area contributed by atoms with Gasteiger partial charge in [-0.3, -0.25) is 4.79 Å². The molecule has 1 aliphatic rings. The highest BCUT2D eigenvalue weighted by atomic mass is 35.5.